The molecule has 0 spiro atoms. The number of carboxylic acids is 1. The minimum absolute atomic E-state index is 0.335. The molecule has 2 rings (SSSR count). The van der Waals surface area contributed by atoms with Gasteiger partial charge in [0.15, 0.2) is 0 Å². The standard InChI is InChI=1S/C13H17NO3/c1-9-7-10(13(15)16)3-4-12(9)14(2)11-5-6-17-8-11/h3-4,7,11H,5-6,8H2,1-2H3,(H,15,16). The Hall–Kier alpha value is -1.55. The zero-order valence-corrected chi connectivity index (χ0v) is 10.1. The molecule has 1 aliphatic rings. The maximum absolute atomic E-state index is 10.9. The summed E-state index contributed by atoms with van der Waals surface area (Å²) in [5.41, 5.74) is 2.40. The minimum Gasteiger partial charge on any atom is -0.478 e. The number of hydrogen-bond acceptors (Lipinski definition) is 3. The summed E-state index contributed by atoms with van der Waals surface area (Å²) in [6, 6.07) is 5.63. The lowest BCUT2D eigenvalue weighted by Gasteiger charge is -2.27. The number of anilines is 1. The van der Waals surface area contributed by atoms with Gasteiger partial charge in [0.05, 0.1) is 18.2 Å². The average Bonchev–Trinajstić information content (AvgIpc) is 2.81. The quantitative estimate of drug-likeness (QED) is 0.869. The smallest absolute Gasteiger partial charge is 0.335 e. The van der Waals surface area contributed by atoms with E-state index < -0.39 is 5.97 Å². The second-order valence-corrected chi connectivity index (χ2v) is 4.43. The molecule has 0 aliphatic carbocycles. The summed E-state index contributed by atoms with van der Waals surface area (Å²) in [5, 5.41) is 8.92. The molecule has 0 aromatic heterocycles. The number of aromatic carboxylic acids is 1. The van der Waals surface area contributed by atoms with Gasteiger partial charge in [-0.3, -0.25) is 0 Å². The third-order valence-corrected chi connectivity index (χ3v) is 3.28. The number of hydrogen-bond donors (Lipinski definition) is 1. The number of ether oxygens (including phenoxy) is 1. The van der Waals surface area contributed by atoms with Gasteiger partial charge in [-0.25, -0.2) is 4.79 Å². The number of benzene rings is 1. The zero-order valence-electron chi connectivity index (χ0n) is 10.1. The molecule has 1 aromatic rings. The highest BCUT2D eigenvalue weighted by atomic mass is 16.5. The molecule has 17 heavy (non-hydrogen) atoms. The maximum atomic E-state index is 10.9. The van der Waals surface area contributed by atoms with Gasteiger partial charge in [0.1, 0.15) is 0 Å². The largest absolute Gasteiger partial charge is 0.478 e. The van der Waals surface area contributed by atoms with Gasteiger partial charge in [0, 0.05) is 19.3 Å². The monoisotopic (exact) mass is 235 g/mol. The van der Waals surface area contributed by atoms with E-state index in [0.717, 1.165) is 30.9 Å². The Labute approximate surface area is 101 Å². The van der Waals surface area contributed by atoms with Gasteiger partial charge in [0.25, 0.3) is 0 Å². The highest BCUT2D eigenvalue weighted by Crippen LogP contribution is 2.24. The second-order valence-electron chi connectivity index (χ2n) is 4.43. The molecule has 1 saturated heterocycles. The molecule has 4 nitrogen and oxygen atoms in total. The lowest BCUT2D eigenvalue weighted by molar-refractivity contribution is 0.0697. The molecule has 1 fully saturated rings. The molecule has 92 valence electrons. The number of rotatable bonds is 3. The van der Waals surface area contributed by atoms with E-state index in [0.29, 0.717) is 11.6 Å². The van der Waals surface area contributed by atoms with Gasteiger partial charge in [-0.2, -0.15) is 0 Å². The molecule has 1 unspecified atom stereocenters. The van der Waals surface area contributed by atoms with E-state index in [1.807, 2.05) is 20.0 Å². The summed E-state index contributed by atoms with van der Waals surface area (Å²) < 4.78 is 5.37. The second kappa shape index (κ2) is 4.75. The summed E-state index contributed by atoms with van der Waals surface area (Å²) >= 11 is 0. The van der Waals surface area contributed by atoms with E-state index in [1.54, 1.807) is 12.1 Å². The topological polar surface area (TPSA) is 49.8 Å². The Morgan fingerprint density at radius 3 is 2.82 bits per heavy atom. The fourth-order valence-corrected chi connectivity index (χ4v) is 2.21. The van der Waals surface area contributed by atoms with Crippen LogP contribution in [0.1, 0.15) is 22.3 Å². The van der Waals surface area contributed by atoms with Crippen LogP contribution >= 0.6 is 0 Å². The first-order valence-electron chi connectivity index (χ1n) is 5.74. The number of likely N-dealkylation sites (N-methyl/N-ethyl adjacent to an activating group) is 1. The van der Waals surface area contributed by atoms with Crippen LogP contribution in [0.2, 0.25) is 0 Å². The fraction of sp³-hybridized carbons (Fsp3) is 0.462. The van der Waals surface area contributed by atoms with Gasteiger partial charge < -0.3 is 14.7 Å². The zero-order chi connectivity index (χ0) is 12.4. The van der Waals surface area contributed by atoms with Gasteiger partial charge in [-0.05, 0) is 37.1 Å². The van der Waals surface area contributed by atoms with E-state index in [-0.39, 0.29) is 0 Å². The number of carbonyl (C=O) groups is 1. The predicted molar refractivity (Wildman–Crippen MR) is 65.8 cm³/mol. The van der Waals surface area contributed by atoms with Crippen LogP contribution in [-0.2, 0) is 4.74 Å². The summed E-state index contributed by atoms with van der Waals surface area (Å²) in [6.45, 7) is 3.49. The molecule has 1 atom stereocenters. The van der Waals surface area contributed by atoms with Gasteiger partial charge in [0.2, 0.25) is 0 Å². The van der Waals surface area contributed by atoms with Crippen molar-refractivity contribution in [3.8, 4) is 0 Å². The summed E-state index contributed by atoms with van der Waals surface area (Å²) in [6.07, 6.45) is 1.02. The van der Waals surface area contributed by atoms with Crippen LogP contribution in [0.25, 0.3) is 0 Å². The molecule has 1 heterocycles. The number of aryl methyl sites for hydroxylation is 1. The van der Waals surface area contributed by atoms with Gasteiger partial charge in [-0.1, -0.05) is 0 Å². The molecule has 1 aliphatic heterocycles. The van der Waals surface area contributed by atoms with Crippen LogP contribution in [0.3, 0.4) is 0 Å². The molecule has 1 N–H and O–H groups in total. The number of carboxylic acid groups (broad SMARTS) is 1. The van der Waals surface area contributed by atoms with Crippen LogP contribution in [-0.4, -0.2) is 37.4 Å². The van der Waals surface area contributed by atoms with E-state index in [9.17, 15) is 4.79 Å². The molecule has 4 heteroatoms. The van der Waals surface area contributed by atoms with Crippen molar-refractivity contribution in [2.24, 2.45) is 0 Å². The van der Waals surface area contributed by atoms with Crippen molar-refractivity contribution in [2.45, 2.75) is 19.4 Å². The highest BCUT2D eigenvalue weighted by molar-refractivity contribution is 5.88. The van der Waals surface area contributed by atoms with E-state index >= 15 is 0 Å². The lowest BCUT2D eigenvalue weighted by atomic mass is 10.1. The Bertz CT molecular complexity index is 425. The van der Waals surface area contributed by atoms with Crippen LogP contribution in [0.5, 0.6) is 0 Å². The summed E-state index contributed by atoms with van der Waals surface area (Å²) in [4.78, 5) is 13.0. The first-order valence-corrected chi connectivity index (χ1v) is 5.74. The van der Waals surface area contributed by atoms with Crippen LogP contribution in [0, 0.1) is 6.92 Å². The summed E-state index contributed by atoms with van der Waals surface area (Å²) in [5.74, 6) is -0.883. The Kier molecular flexibility index (Phi) is 3.33. The van der Waals surface area contributed by atoms with Crippen molar-refractivity contribution in [3.05, 3.63) is 29.3 Å². The molecular weight excluding hydrogens is 218 g/mol. The van der Waals surface area contributed by atoms with Crippen molar-refractivity contribution < 1.29 is 14.6 Å². The van der Waals surface area contributed by atoms with Gasteiger partial charge >= 0.3 is 5.97 Å². The third-order valence-electron chi connectivity index (χ3n) is 3.28. The molecule has 1 aromatic carbocycles. The first-order chi connectivity index (χ1) is 8.09. The first kappa shape index (κ1) is 11.9. The third kappa shape index (κ3) is 2.42. The highest BCUT2D eigenvalue weighted by Gasteiger charge is 2.21. The molecule has 0 saturated carbocycles. The molecule has 0 radical (unpaired) electrons. The van der Waals surface area contributed by atoms with Crippen molar-refractivity contribution in [2.75, 3.05) is 25.2 Å². The van der Waals surface area contributed by atoms with Crippen molar-refractivity contribution in [3.63, 3.8) is 0 Å². The van der Waals surface area contributed by atoms with E-state index in [4.69, 9.17) is 9.84 Å². The van der Waals surface area contributed by atoms with Crippen LogP contribution < -0.4 is 4.90 Å². The van der Waals surface area contributed by atoms with Crippen LogP contribution in [0.4, 0.5) is 5.69 Å². The van der Waals surface area contributed by atoms with Crippen molar-refractivity contribution in [1.29, 1.82) is 0 Å². The lowest BCUT2D eigenvalue weighted by Crippen LogP contribution is -2.32. The SMILES string of the molecule is Cc1cc(C(=O)O)ccc1N(C)C1CCOC1. The average molecular weight is 235 g/mol. The normalized spacial score (nSPS) is 19.3. The molecule has 0 amide bonds. The summed E-state index contributed by atoms with van der Waals surface area (Å²) in [7, 11) is 2.03. The van der Waals surface area contributed by atoms with Gasteiger partial charge in [-0.15, -0.1) is 0 Å². The minimum atomic E-state index is -0.883. The maximum Gasteiger partial charge on any atom is 0.335 e. The Morgan fingerprint density at radius 1 is 1.53 bits per heavy atom. The van der Waals surface area contributed by atoms with E-state index in [1.165, 1.54) is 0 Å². The Morgan fingerprint density at radius 2 is 2.29 bits per heavy atom. The number of nitrogens with zero attached hydrogens (tertiary/aromatic N) is 1. The van der Waals surface area contributed by atoms with E-state index in [2.05, 4.69) is 4.90 Å². The van der Waals surface area contributed by atoms with Crippen molar-refractivity contribution in [1.82, 2.24) is 0 Å². The fourth-order valence-electron chi connectivity index (χ4n) is 2.21. The molecule has 0 bridgehead atoms. The predicted octanol–water partition coefficient (Wildman–Crippen LogP) is 1.92. The van der Waals surface area contributed by atoms with Crippen LogP contribution in [0.15, 0.2) is 18.2 Å². The Balaban J connectivity index is 2.23. The van der Waals surface area contributed by atoms with Crippen molar-refractivity contribution >= 4 is 11.7 Å². The molecular formula is C13H17NO3.